The molecule has 8 heteroatoms. The third-order valence-corrected chi connectivity index (χ3v) is 4.91. The van der Waals surface area contributed by atoms with Gasteiger partial charge in [-0.2, -0.15) is 0 Å². The molecule has 1 aliphatic rings. The molecule has 1 fully saturated rings. The normalized spacial score (nSPS) is 15.0. The number of pyridine rings is 1. The van der Waals surface area contributed by atoms with Crippen molar-refractivity contribution in [1.29, 1.82) is 0 Å². The lowest BCUT2D eigenvalue weighted by atomic mass is 10.1. The van der Waals surface area contributed by atoms with Crippen LogP contribution in [0.2, 0.25) is 0 Å². The van der Waals surface area contributed by atoms with E-state index in [1.54, 1.807) is 18.5 Å². The second-order valence-electron chi connectivity index (χ2n) is 6.96. The lowest BCUT2D eigenvalue weighted by Gasteiger charge is -2.16. The molecule has 1 amide bonds. The highest BCUT2D eigenvalue weighted by atomic mass is 16.6. The van der Waals surface area contributed by atoms with E-state index >= 15 is 0 Å². The number of tetrazole rings is 1. The fourth-order valence-corrected chi connectivity index (χ4v) is 3.47. The van der Waals surface area contributed by atoms with Crippen LogP contribution in [0.5, 0.6) is 5.75 Å². The van der Waals surface area contributed by atoms with E-state index in [4.69, 9.17) is 4.74 Å². The molecule has 1 aliphatic carbocycles. The summed E-state index contributed by atoms with van der Waals surface area (Å²) < 4.78 is 5.51. The Morgan fingerprint density at radius 1 is 1.04 bits per heavy atom. The lowest BCUT2D eigenvalue weighted by molar-refractivity contribution is 0.194. The van der Waals surface area contributed by atoms with E-state index in [9.17, 15) is 4.79 Å². The van der Waals surface area contributed by atoms with Crippen LogP contribution in [0.3, 0.4) is 0 Å². The molecule has 4 rings (SSSR count). The molecule has 3 aromatic rings. The zero-order valence-electron chi connectivity index (χ0n) is 15.5. The van der Waals surface area contributed by atoms with Gasteiger partial charge in [-0.25, -0.2) is 9.89 Å². The summed E-state index contributed by atoms with van der Waals surface area (Å²) >= 11 is 0. The molecule has 2 aromatic heterocycles. The summed E-state index contributed by atoms with van der Waals surface area (Å²) in [7, 11) is 0. The zero-order valence-corrected chi connectivity index (χ0v) is 15.5. The minimum absolute atomic E-state index is 0.203. The smallest absolute Gasteiger partial charge is 0.410 e. The van der Waals surface area contributed by atoms with E-state index in [1.807, 2.05) is 24.3 Å². The maximum atomic E-state index is 12.3. The Morgan fingerprint density at radius 3 is 2.64 bits per heavy atom. The number of amides is 1. The second-order valence-corrected chi connectivity index (χ2v) is 6.96. The highest BCUT2D eigenvalue weighted by Crippen LogP contribution is 2.26. The van der Waals surface area contributed by atoms with Crippen molar-refractivity contribution in [2.45, 2.75) is 44.6 Å². The van der Waals surface area contributed by atoms with Crippen molar-refractivity contribution in [2.24, 2.45) is 0 Å². The van der Waals surface area contributed by atoms with E-state index in [-0.39, 0.29) is 6.04 Å². The zero-order chi connectivity index (χ0) is 19.2. The SMILES string of the molecule is O=C(NC1CCCCCC1)Oc1cccc(-c2cncc(-c3nnn[nH]3)c2)c1. The van der Waals surface area contributed by atoms with Crippen LogP contribution in [-0.4, -0.2) is 37.7 Å². The number of nitrogens with one attached hydrogen (secondary N) is 2. The first-order chi connectivity index (χ1) is 13.8. The van der Waals surface area contributed by atoms with Gasteiger partial charge >= 0.3 is 6.09 Å². The number of nitrogens with zero attached hydrogens (tertiary/aromatic N) is 4. The summed E-state index contributed by atoms with van der Waals surface area (Å²) in [5, 5.41) is 16.8. The maximum absolute atomic E-state index is 12.3. The van der Waals surface area contributed by atoms with E-state index in [0.717, 1.165) is 42.4 Å². The van der Waals surface area contributed by atoms with Gasteiger partial charge in [0.05, 0.1) is 0 Å². The Bertz CT molecular complexity index is 920. The number of H-pyrrole nitrogens is 1. The van der Waals surface area contributed by atoms with Crippen LogP contribution in [-0.2, 0) is 0 Å². The fraction of sp³-hybridized carbons (Fsp3) is 0.350. The van der Waals surface area contributed by atoms with Gasteiger partial charge in [-0.3, -0.25) is 4.98 Å². The average molecular weight is 378 g/mol. The van der Waals surface area contributed by atoms with Gasteiger partial charge in [0.1, 0.15) is 5.75 Å². The summed E-state index contributed by atoms with van der Waals surface area (Å²) in [5.74, 6) is 1.04. The minimum atomic E-state index is -0.399. The maximum Gasteiger partial charge on any atom is 0.412 e. The molecule has 2 heterocycles. The van der Waals surface area contributed by atoms with Crippen molar-refractivity contribution in [3.05, 3.63) is 42.7 Å². The summed E-state index contributed by atoms with van der Waals surface area (Å²) in [6.07, 6.45) is 9.87. The molecule has 0 radical (unpaired) electrons. The molecule has 8 nitrogen and oxygen atoms in total. The van der Waals surface area contributed by atoms with Crippen molar-refractivity contribution in [3.63, 3.8) is 0 Å². The summed E-state index contributed by atoms with van der Waals surface area (Å²) in [6.45, 7) is 0. The number of rotatable bonds is 4. The number of aromatic nitrogens is 5. The predicted molar refractivity (Wildman–Crippen MR) is 103 cm³/mol. The topological polar surface area (TPSA) is 106 Å². The van der Waals surface area contributed by atoms with Crippen LogP contribution in [0.4, 0.5) is 4.79 Å². The minimum Gasteiger partial charge on any atom is -0.410 e. The van der Waals surface area contributed by atoms with Crippen molar-refractivity contribution >= 4 is 6.09 Å². The van der Waals surface area contributed by atoms with Crippen molar-refractivity contribution in [2.75, 3.05) is 0 Å². The average Bonchev–Trinajstić information content (AvgIpc) is 3.14. The quantitative estimate of drug-likeness (QED) is 0.670. The molecule has 0 atom stereocenters. The number of carbonyl (C=O) groups is 1. The first-order valence-electron chi connectivity index (χ1n) is 9.56. The van der Waals surface area contributed by atoms with E-state index in [2.05, 4.69) is 30.9 Å². The van der Waals surface area contributed by atoms with Crippen LogP contribution >= 0.6 is 0 Å². The molecule has 144 valence electrons. The molecule has 28 heavy (non-hydrogen) atoms. The third kappa shape index (κ3) is 4.51. The Kier molecular flexibility index (Phi) is 5.56. The number of benzene rings is 1. The van der Waals surface area contributed by atoms with Crippen LogP contribution in [0.15, 0.2) is 42.7 Å². The van der Waals surface area contributed by atoms with Crippen molar-refractivity contribution in [3.8, 4) is 28.3 Å². The molecule has 0 spiro atoms. The van der Waals surface area contributed by atoms with Gasteiger partial charge in [0, 0.05) is 29.6 Å². The second kappa shape index (κ2) is 8.60. The van der Waals surface area contributed by atoms with E-state index in [1.165, 1.54) is 12.8 Å². The predicted octanol–water partition coefficient (Wildman–Crippen LogP) is 3.74. The van der Waals surface area contributed by atoms with Gasteiger partial charge in [-0.05, 0) is 47.0 Å². The van der Waals surface area contributed by atoms with Crippen LogP contribution < -0.4 is 10.1 Å². The Hall–Kier alpha value is -3.29. The Labute approximate surface area is 162 Å². The van der Waals surface area contributed by atoms with Gasteiger partial charge in [-0.15, -0.1) is 5.10 Å². The standard InChI is InChI=1S/C20H22N6O2/c27-20(22-17-7-3-1-2-4-8-17)28-18-9-5-6-14(11-18)15-10-16(13-21-12-15)19-23-25-26-24-19/h5-6,9-13,17H,1-4,7-8H2,(H,22,27)(H,23,24,25,26). The van der Waals surface area contributed by atoms with Gasteiger partial charge < -0.3 is 10.1 Å². The summed E-state index contributed by atoms with van der Waals surface area (Å²) in [4.78, 5) is 16.5. The summed E-state index contributed by atoms with van der Waals surface area (Å²) in [6, 6.07) is 9.52. The summed E-state index contributed by atoms with van der Waals surface area (Å²) in [5.41, 5.74) is 2.55. The number of hydrogen-bond acceptors (Lipinski definition) is 6. The van der Waals surface area contributed by atoms with Gasteiger partial charge in [0.25, 0.3) is 0 Å². The Morgan fingerprint density at radius 2 is 1.86 bits per heavy atom. The highest BCUT2D eigenvalue weighted by Gasteiger charge is 2.16. The molecule has 0 bridgehead atoms. The molecular formula is C20H22N6O2. The number of aromatic amines is 1. The first kappa shape index (κ1) is 18.1. The van der Waals surface area contributed by atoms with E-state index < -0.39 is 6.09 Å². The van der Waals surface area contributed by atoms with Gasteiger partial charge in [0.15, 0.2) is 5.82 Å². The van der Waals surface area contributed by atoms with Crippen molar-refractivity contribution < 1.29 is 9.53 Å². The lowest BCUT2D eigenvalue weighted by Crippen LogP contribution is -2.36. The van der Waals surface area contributed by atoms with Crippen LogP contribution in [0.25, 0.3) is 22.5 Å². The number of ether oxygens (including phenoxy) is 1. The third-order valence-electron chi connectivity index (χ3n) is 4.91. The van der Waals surface area contributed by atoms with E-state index in [0.29, 0.717) is 11.6 Å². The highest BCUT2D eigenvalue weighted by molar-refractivity contribution is 5.73. The molecule has 0 saturated heterocycles. The van der Waals surface area contributed by atoms with Gasteiger partial charge in [0.2, 0.25) is 0 Å². The Balaban J connectivity index is 1.46. The van der Waals surface area contributed by atoms with Crippen molar-refractivity contribution in [1.82, 2.24) is 30.9 Å². The monoisotopic (exact) mass is 378 g/mol. The number of carbonyl (C=O) groups excluding carboxylic acids is 1. The molecule has 2 N–H and O–H groups in total. The first-order valence-corrected chi connectivity index (χ1v) is 9.56. The van der Waals surface area contributed by atoms with Crippen LogP contribution in [0.1, 0.15) is 38.5 Å². The number of hydrogen-bond donors (Lipinski definition) is 2. The fourth-order valence-electron chi connectivity index (χ4n) is 3.47. The molecule has 1 aromatic carbocycles. The molecule has 1 saturated carbocycles. The largest absolute Gasteiger partial charge is 0.412 e. The van der Waals surface area contributed by atoms with Crippen LogP contribution in [0, 0.1) is 0 Å². The van der Waals surface area contributed by atoms with Gasteiger partial charge in [-0.1, -0.05) is 37.8 Å². The molecule has 0 aliphatic heterocycles. The molecular weight excluding hydrogens is 356 g/mol. The molecule has 0 unspecified atom stereocenters.